The van der Waals surface area contributed by atoms with Crippen LogP contribution >= 0.6 is 0 Å². The van der Waals surface area contributed by atoms with Crippen LogP contribution in [0.1, 0.15) is 10.5 Å². The van der Waals surface area contributed by atoms with E-state index in [9.17, 15) is 26.4 Å². The maximum absolute atomic E-state index is 12.5. The number of nitrogens with zero attached hydrogens (tertiary/aromatic N) is 2. The van der Waals surface area contributed by atoms with E-state index < -0.39 is 33.2 Å². The highest BCUT2D eigenvalue weighted by Crippen LogP contribution is 2.29. The van der Waals surface area contributed by atoms with Gasteiger partial charge in [0.2, 0.25) is 5.88 Å². The molecule has 7 nitrogen and oxygen atoms in total. The van der Waals surface area contributed by atoms with E-state index in [1.54, 1.807) is 6.07 Å². The Morgan fingerprint density at radius 2 is 1.83 bits per heavy atom. The van der Waals surface area contributed by atoms with Crippen LogP contribution in [0.2, 0.25) is 0 Å². The average molecular weight is 350 g/mol. The van der Waals surface area contributed by atoms with Crippen molar-refractivity contribution in [3.05, 3.63) is 42.1 Å². The van der Waals surface area contributed by atoms with Gasteiger partial charge in [-0.2, -0.15) is 31.4 Å². The summed E-state index contributed by atoms with van der Waals surface area (Å²) in [5, 5.41) is 3.70. The number of halogens is 3. The summed E-state index contributed by atoms with van der Waals surface area (Å²) in [6.45, 7) is 0. The zero-order valence-corrected chi connectivity index (χ0v) is 12.3. The number of hydrogen-bond donors (Lipinski definition) is 0. The molecule has 0 bridgehead atoms. The topological polar surface area (TPSA) is 87.5 Å². The van der Waals surface area contributed by atoms with Crippen LogP contribution in [0.5, 0.6) is 5.88 Å². The molecular formula is C12H9F3N2O5S. The fourth-order valence-electron chi connectivity index (χ4n) is 1.54. The number of para-hydroxylation sites is 1. The van der Waals surface area contributed by atoms with Crippen LogP contribution in [0, 0.1) is 0 Å². The second-order valence-corrected chi connectivity index (χ2v) is 5.63. The van der Waals surface area contributed by atoms with Gasteiger partial charge in [0.25, 0.3) is 0 Å². The molecule has 0 atom stereocenters. The van der Waals surface area contributed by atoms with Crippen LogP contribution < -0.4 is 4.18 Å². The van der Waals surface area contributed by atoms with E-state index in [4.69, 9.17) is 0 Å². The summed E-state index contributed by atoms with van der Waals surface area (Å²) >= 11 is 0. The van der Waals surface area contributed by atoms with E-state index >= 15 is 0 Å². The monoisotopic (exact) mass is 350 g/mol. The molecule has 0 radical (unpaired) electrons. The molecule has 0 aliphatic rings. The number of hydrogen-bond acceptors (Lipinski definition) is 6. The van der Waals surface area contributed by atoms with Gasteiger partial charge in [0.05, 0.1) is 12.8 Å². The Morgan fingerprint density at radius 3 is 2.35 bits per heavy atom. The Labute approximate surface area is 128 Å². The molecule has 1 heterocycles. The van der Waals surface area contributed by atoms with E-state index in [1.165, 1.54) is 24.3 Å². The minimum atomic E-state index is -5.91. The highest BCUT2D eigenvalue weighted by molar-refractivity contribution is 7.87. The van der Waals surface area contributed by atoms with Gasteiger partial charge in [-0.05, 0) is 12.1 Å². The maximum Gasteiger partial charge on any atom is 0.534 e. The van der Waals surface area contributed by atoms with E-state index in [-0.39, 0.29) is 5.69 Å². The SMILES string of the molecule is COC(=O)c1cc(OS(=O)(=O)C(F)(F)F)n(-c2ccccc2)n1. The quantitative estimate of drug-likeness (QED) is 0.475. The second kappa shape index (κ2) is 5.91. The van der Waals surface area contributed by atoms with Gasteiger partial charge >= 0.3 is 21.6 Å². The molecule has 0 N–H and O–H groups in total. The van der Waals surface area contributed by atoms with Gasteiger partial charge in [0.15, 0.2) is 5.69 Å². The number of carbonyl (C=O) groups is 1. The molecule has 11 heteroatoms. The first kappa shape index (κ1) is 16.8. The van der Waals surface area contributed by atoms with E-state index in [0.29, 0.717) is 0 Å². The Bertz CT molecular complexity index is 815. The lowest BCUT2D eigenvalue weighted by molar-refractivity contribution is -0.0502. The molecule has 0 aliphatic heterocycles. The molecule has 0 unspecified atom stereocenters. The summed E-state index contributed by atoms with van der Waals surface area (Å²) in [5.74, 6) is -1.76. The van der Waals surface area contributed by atoms with Gasteiger partial charge < -0.3 is 8.92 Å². The van der Waals surface area contributed by atoms with E-state index in [1.807, 2.05) is 0 Å². The lowest BCUT2D eigenvalue weighted by atomic mass is 10.3. The Balaban J connectivity index is 2.54. The predicted octanol–water partition coefficient (Wildman–Crippen LogP) is 1.89. The number of esters is 1. The molecule has 0 amide bonds. The van der Waals surface area contributed by atoms with Gasteiger partial charge in [-0.25, -0.2) is 4.79 Å². The van der Waals surface area contributed by atoms with Crippen molar-refractivity contribution in [1.29, 1.82) is 0 Å². The zero-order chi connectivity index (χ0) is 17.3. The first-order valence-electron chi connectivity index (χ1n) is 5.90. The highest BCUT2D eigenvalue weighted by atomic mass is 32.2. The van der Waals surface area contributed by atoms with Gasteiger partial charge in [-0.15, -0.1) is 0 Å². The third-order valence-corrected chi connectivity index (χ3v) is 3.51. The van der Waals surface area contributed by atoms with Crippen LogP contribution in [0.3, 0.4) is 0 Å². The summed E-state index contributed by atoms with van der Waals surface area (Å²) < 4.78 is 68.9. The normalized spacial score (nSPS) is 12.0. The summed E-state index contributed by atoms with van der Waals surface area (Å²) in [5.41, 5.74) is -5.84. The number of ether oxygens (including phenoxy) is 1. The molecule has 1 aromatic carbocycles. The molecule has 0 saturated carbocycles. The van der Waals surface area contributed by atoms with Crippen molar-refractivity contribution in [3.8, 4) is 11.6 Å². The molecule has 2 rings (SSSR count). The molecule has 0 aliphatic carbocycles. The molecule has 23 heavy (non-hydrogen) atoms. The van der Waals surface area contributed by atoms with E-state index in [2.05, 4.69) is 14.0 Å². The second-order valence-electron chi connectivity index (χ2n) is 4.09. The number of rotatable bonds is 4. The Hall–Kier alpha value is -2.56. The predicted molar refractivity (Wildman–Crippen MR) is 70.5 cm³/mol. The van der Waals surface area contributed by atoms with Crippen molar-refractivity contribution < 1.29 is 35.3 Å². The summed E-state index contributed by atoms with van der Waals surface area (Å²) in [4.78, 5) is 11.4. The van der Waals surface area contributed by atoms with Crippen molar-refractivity contribution in [1.82, 2.24) is 9.78 Å². The smallest absolute Gasteiger partial charge is 0.464 e. The standard InChI is InChI=1S/C12H9F3N2O5S/c1-21-11(18)9-7-10(22-23(19,20)12(13,14)15)17(16-9)8-5-3-2-4-6-8/h2-7H,1H3. The molecule has 0 spiro atoms. The minimum absolute atomic E-state index is 0.190. The van der Waals surface area contributed by atoms with E-state index in [0.717, 1.165) is 17.9 Å². The van der Waals surface area contributed by atoms with Crippen LogP contribution in [0.4, 0.5) is 13.2 Å². The molecule has 0 saturated heterocycles. The fraction of sp³-hybridized carbons (Fsp3) is 0.167. The summed E-state index contributed by atoms with van der Waals surface area (Å²) in [7, 11) is -4.87. The van der Waals surface area contributed by atoms with Gasteiger partial charge in [-0.3, -0.25) is 0 Å². The van der Waals surface area contributed by atoms with Crippen LogP contribution in [0.15, 0.2) is 36.4 Å². The molecular weight excluding hydrogens is 341 g/mol. The first-order chi connectivity index (χ1) is 10.7. The lowest BCUT2D eigenvalue weighted by Crippen LogP contribution is -2.28. The maximum atomic E-state index is 12.5. The van der Waals surface area contributed by atoms with Crippen molar-refractivity contribution in [3.63, 3.8) is 0 Å². The number of aromatic nitrogens is 2. The van der Waals surface area contributed by atoms with Crippen LogP contribution in [0.25, 0.3) is 5.69 Å². The number of methoxy groups -OCH3 is 1. The third-order valence-electron chi connectivity index (χ3n) is 2.55. The van der Waals surface area contributed by atoms with Crippen molar-refractivity contribution in [2.45, 2.75) is 5.51 Å². The van der Waals surface area contributed by atoms with Crippen molar-refractivity contribution >= 4 is 16.1 Å². The lowest BCUT2D eigenvalue weighted by Gasteiger charge is -2.10. The Morgan fingerprint density at radius 1 is 1.22 bits per heavy atom. The minimum Gasteiger partial charge on any atom is -0.464 e. The summed E-state index contributed by atoms with van der Waals surface area (Å²) in [6.07, 6.45) is 0. The van der Waals surface area contributed by atoms with Gasteiger partial charge in [0, 0.05) is 6.07 Å². The highest BCUT2D eigenvalue weighted by Gasteiger charge is 2.49. The molecule has 2 aromatic rings. The number of benzene rings is 1. The van der Waals surface area contributed by atoms with Crippen LogP contribution in [-0.4, -0.2) is 36.8 Å². The number of carbonyl (C=O) groups excluding carboxylic acids is 1. The molecule has 1 aromatic heterocycles. The van der Waals surface area contributed by atoms with Crippen molar-refractivity contribution in [2.75, 3.05) is 7.11 Å². The van der Waals surface area contributed by atoms with Crippen molar-refractivity contribution in [2.24, 2.45) is 0 Å². The first-order valence-corrected chi connectivity index (χ1v) is 7.31. The fourth-order valence-corrected chi connectivity index (χ4v) is 1.98. The van der Waals surface area contributed by atoms with Gasteiger partial charge in [-0.1, -0.05) is 18.2 Å². The summed E-state index contributed by atoms with van der Waals surface area (Å²) in [6, 6.07) is 8.30. The average Bonchev–Trinajstić information content (AvgIpc) is 2.89. The van der Waals surface area contributed by atoms with Crippen LogP contribution in [-0.2, 0) is 14.9 Å². The molecule has 124 valence electrons. The third kappa shape index (κ3) is 3.44. The molecule has 0 fully saturated rings. The van der Waals surface area contributed by atoms with Gasteiger partial charge in [0.1, 0.15) is 0 Å². The zero-order valence-electron chi connectivity index (χ0n) is 11.4. The largest absolute Gasteiger partial charge is 0.534 e. The Kier molecular flexibility index (Phi) is 4.32. The number of alkyl halides is 3.